The van der Waals surface area contributed by atoms with Crippen LogP contribution in [0, 0.1) is 0 Å². The van der Waals surface area contributed by atoms with Crippen molar-refractivity contribution in [2.45, 2.75) is 13.2 Å². The van der Waals surface area contributed by atoms with Gasteiger partial charge >= 0.3 is 5.97 Å². The molecule has 1 aromatic rings. The molecule has 13 heavy (non-hydrogen) atoms. The number of esters is 1. The van der Waals surface area contributed by atoms with Crippen LogP contribution in [-0.2, 0) is 9.53 Å². The van der Waals surface area contributed by atoms with Gasteiger partial charge in [-0.3, -0.25) is 10.5 Å². The summed E-state index contributed by atoms with van der Waals surface area (Å²) in [6.07, 6.45) is -0.649. The predicted octanol–water partition coefficient (Wildman–Crippen LogP) is 1.63. The second-order valence-electron chi connectivity index (χ2n) is 2.44. The molecule has 72 valence electrons. The van der Waals surface area contributed by atoms with Crippen LogP contribution in [0.3, 0.4) is 0 Å². The highest BCUT2D eigenvalue weighted by Crippen LogP contribution is 2.10. The van der Waals surface area contributed by atoms with Crippen molar-refractivity contribution in [1.29, 1.82) is 0 Å². The molecule has 1 rings (SSSR count). The maximum atomic E-state index is 10.5. The quantitative estimate of drug-likeness (QED) is 0.585. The SMILES string of the molecule is CC(=O)O[C@H](N)c1ccccc1.Cl. The van der Waals surface area contributed by atoms with Gasteiger partial charge in [0, 0.05) is 12.5 Å². The predicted molar refractivity (Wildman–Crippen MR) is 52.4 cm³/mol. The molecule has 1 atom stereocenters. The van der Waals surface area contributed by atoms with Gasteiger partial charge in [-0.05, 0) is 0 Å². The Hall–Kier alpha value is -1.06. The van der Waals surface area contributed by atoms with E-state index in [-0.39, 0.29) is 18.4 Å². The van der Waals surface area contributed by atoms with Crippen molar-refractivity contribution in [3.05, 3.63) is 35.9 Å². The van der Waals surface area contributed by atoms with Crippen molar-refractivity contribution in [3.8, 4) is 0 Å². The van der Waals surface area contributed by atoms with Crippen LogP contribution in [0.2, 0.25) is 0 Å². The molecule has 0 aliphatic heterocycles. The van der Waals surface area contributed by atoms with Gasteiger partial charge in [-0.15, -0.1) is 12.4 Å². The van der Waals surface area contributed by atoms with Crippen molar-refractivity contribution in [3.63, 3.8) is 0 Å². The van der Waals surface area contributed by atoms with E-state index >= 15 is 0 Å². The van der Waals surface area contributed by atoms with Crippen LogP contribution in [0.1, 0.15) is 18.7 Å². The average Bonchev–Trinajstić information content (AvgIpc) is 2.05. The maximum Gasteiger partial charge on any atom is 0.304 e. The molecule has 4 heteroatoms. The lowest BCUT2D eigenvalue weighted by atomic mass is 10.2. The van der Waals surface area contributed by atoms with Crippen LogP contribution < -0.4 is 5.73 Å². The summed E-state index contributed by atoms with van der Waals surface area (Å²) in [6.45, 7) is 1.34. The molecule has 0 unspecified atom stereocenters. The summed E-state index contributed by atoms with van der Waals surface area (Å²) in [5.74, 6) is -0.369. The van der Waals surface area contributed by atoms with Gasteiger partial charge < -0.3 is 4.74 Å². The lowest BCUT2D eigenvalue weighted by Crippen LogP contribution is -2.16. The fraction of sp³-hybridized carbons (Fsp3) is 0.222. The second kappa shape index (κ2) is 5.56. The second-order valence-corrected chi connectivity index (χ2v) is 2.44. The number of carbonyl (C=O) groups excluding carboxylic acids is 1. The van der Waals surface area contributed by atoms with E-state index in [1.165, 1.54) is 6.92 Å². The van der Waals surface area contributed by atoms with E-state index in [1.54, 1.807) is 0 Å². The first kappa shape index (κ1) is 11.9. The van der Waals surface area contributed by atoms with Gasteiger partial charge in [0.2, 0.25) is 0 Å². The van der Waals surface area contributed by atoms with Crippen LogP contribution in [-0.4, -0.2) is 5.97 Å². The minimum atomic E-state index is -0.649. The molecule has 0 saturated carbocycles. The monoisotopic (exact) mass is 201 g/mol. The molecule has 0 heterocycles. The van der Waals surface area contributed by atoms with Crippen molar-refractivity contribution in [2.75, 3.05) is 0 Å². The number of carbonyl (C=O) groups is 1. The standard InChI is InChI=1S/C9H11NO2.ClH/c1-7(11)12-9(10)8-5-3-2-4-6-8;/h2-6,9H,10H2,1H3;1H/t9-;/m0./s1. The van der Waals surface area contributed by atoms with E-state index in [2.05, 4.69) is 0 Å². The Kier molecular flexibility index (Phi) is 5.11. The van der Waals surface area contributed by atoms with E-state index < -0.39 is 6.23 Å². The fourth-order valence-corrected chi connectivity index (χ4v) is 0.890. The normalized spacial score (nSPS) is 11.2. The van der Waals surface area contributed by atoms with E-state index in [0.29, 0.717) is 0 Å². The zero-order valence-electron chi connectivity index (χ0n) is 7.27. The smallest absolute Gasteiger partial charge is 0.304 e. The molecule has 0 fully saturated rings. The maximum absolute atomic E-state index is 10.5. The Bertz CT molecular complexity index is 264. The summed E-state index contributed by atoms with van der Waals surface area (Å²) in [6, 6.07) is 9.20. The van der Waals surface area contributed by atoms with Gasteiger partial charge in [0.05, 0.1) is 0 Å². The molecule has 1 aromatic carbocycles. The lowest BCUT2D eigenvalue weighted by Gasteiger charge is -2.10. The largest absolute Gasteiger partial charge is 0.443 e. The van der Waals surface area contributed by atoms with E-state index in [0.717, 1.165) is 5.56 Å². The third kappa shape index (κ3) is 3.92. The third-order valence-electron chi connectivity index (χ3n) is 1.42. The highest BCUT2D eigenvalue weighted by molar-refractivity contribution is 5.85. The molecular formula is C9H12ClNO2. The van der Waals surface area contributed by atoms with Crippen LogP contribution >= 0.6 is 12.4 Å². The topological polar surface area (TPSA) is 52.3 Å². The van der Waals surface area contributed by atoms with Crippen molar-refractivity contribution < 1.29 is 9.53 Å². The summed E-state index contributed by atoms with van der Waals surface area (Å²) < 4.78 is 4.78. The van der Waals surface area contributed by atoms with E-state index in [9.17, 15) is 4.79 Å². The molecule has 0 aromatic heterocycles. The number of nitrogens with two attached hydrogens (primary N) is 1. The number of benzene rings is 1. The first-order chi connectivity index (χ1) is 5.70. The molecule has 0 aliphatic carbocycles. The molecule has 0 bridgehead atoms. The molecule has 0 saturated heterocycles. The summed E-state index contributed by atoms with van der Waals surface area (Å²) in [5, 5.41) is 0. The summed E-state index contributed by atoms with van der Waals surface area (Å²) in [5.41, 5.74) is 6.35. The van der Waals surface area contributed by atoms with Gasteiger partial charge in [0.1, 0.15) is 0 Å². The molecular weight excluding hydrogens is 190 g/mol. The Morgan fingerprint density at radius 2 is 1.92 bits per heavy atom. The summed E-state index contributed by atoms with van der Waals surface area (Å²) in [4.78, 5) is 10.5. The average molecular weight is 202 g/mol. The lowest BCUT2D eigenvalue weighted by molar-refractivity contribution is -0.146. The minimum absolute atomic E-state index is 0. The van der Waals surface area contributed by atoms with E-state index in [1.807, 2.05) is 30.3 Å². The van der Waals surface area contributed by atoms with Crippen molar-refractivity contribution >= 4 is 18.4 Å². The molecule has 0 spiro atoms. The van der Waals surface area contributed by atoms with Gasteiger partial charge in [-0.1, -0.05) is 30.3 Å². The summed E-state index contributed by atoms with van der Waals surface area (Å²) in [7, 11) is 0. The van der Waals surface area contributed by atoms with Crippen LogP contribution in [0.15, 0.2) is 30.3 Å². The molecule has 0 aliphatic rings. The Labute approximate surface area is 83.3 Å². The van der Waals surface area contributed by atoms with Crippen molar-refractivity contribution in [1.82, 2.24) is 0 Å². The van der Waals surface area contributed by atoms with Crippen molar-refractivity contribution in [2.24, 2.45) is 5.73 Å². The Balaban J connectivity index is 0.00000144. The van der Waals surface area contributed by atoms with Crippen LogP contribution in [0.4, 0.5) is 0 Å². The number of hydrogen-bond donors (Lipinski definition) is 1. The van der Waals surface area contributed by atoms with E-state index in [4.69, 9.17) is 10.5 Å². The summed E-state index contributed by atoms with van der Waals surface area (Å²) >= 11 is 0. The zero-order valence-corrected chi connectivity index (χ0v) is 8.08. The fourth-order valence-electron chi connectivity index (χ4n) is 0.890. The zero-order chi connectivity index (χ0) is 8.97. The minimum Gasteiger partial charge on any atom is -0.443 e. The first-order valence-electron chi connectivity index (χ1n) is 3.68. The van der Waals surface area contributed by atoms with Gasteiger partial charge in [-0.25, -0.2) is 0 Å². The molecule has 3 nitrogen and oxygen atoms in total. The third-order valence-corrected chi connectivity index (χ3v) is 1.42. The Morgan fingerprint density at radius 1 is 1.38 bits per heavy atom. The van der Waals surface area contributed by atoms with Crippen LogP contribution in [0.25, 0.3) is 0 Å². The Morgan fingerprint density at radius 3 is 2.38 bits per heavy atom. The van der Waals surface area contributed by atoms with Gasteiger partial charge in [0.25, 0.3) is 0 Å². The molecule has 0 radical (unpaired) electrons. The first-order valence-corrected chi connectivity index (χ1v) is 3.68. The van der Waals surface area contributed by atoms with Gasteiger partial charge in [-0.2, -0.15) is 0 Å². The highest BCUT2D eigenvalue weighted by Gasteiger charge is 2.06. The van der Waals surface area contributed by atoms with Gasteiger partial charge in [0.15, 0.2) is 6.23 Å². The number of halogens is 1. The number of hydrogen-bond acceptors (Lipinski definition) is 3. The number of ether oxygens (including phenoxy) is 1. The van der Waals surface area contributed by atoms with Crippen LogP contribution in [0.5, 0.6) is 0 Å². The molecule has 0 amide bonds. The molecule has 2 N–H and O–H groups in total. The number of rotatable bonds is 2. The highest BCUT2D eigenvalue weighted by atomic mass is 35.5.